The molecule has 0 bridgehead atoms. The number of rotatable bonds is 6. The van der Waals surface area contributed by atoms with E-state index in [9.17, 15) is 13.2 Å². The minimum atomic E-state index is -3.52. The summed E-state index contributed by atoms with van der Waals surface area (Å²) in [5.41, 5.74) is 0.995. The van der Waals surface area contributed by atoms with E-state index in [0.717, 1.165) is 11.8 Å². The maximum Gasteiger partial charge on any atom is 0.264 e. The molecule has 6 heteroatoms. The van der Waals surface area contributed by atoms with Crippen LogP contribution in [0.4, 0.5) is 0 Å². The van der Waals surface area contributed by atoms with Gasteiger partial charge in [0.1, 0.15) is 0 Å². The highest BCUT2D eigenvalue weighted by atomic mass is 32.2. The van der Waals surface area contributed by atoms with E-state index in [-0.39, 0.29) is 11.9 Å². The van der Waals surface area contributed by atoms with Gasteiger partial charge in [0.25, 0.3) is 10.1 Å². The summed E-state index contributed by atoms with van der Waals surface area (Å²) in [6.45, 7) is 3.42. The molecule has 0 radical (unpaired) electrons. The Balaban J connectivity index is 2.51. The Morgan fingerprint density at radius 1 is 1.25 bits per heavy atom. The Labute approximate surface area is 119 Å². The van der Waals surface area contributed by atoms with Crippen LogP contribution in [0.1, 0.15) is 25.5 Å². The molecule has 0 aromatic heterocycles. The zero-order chi connectivity index (χ0) is 15.2. The van der Waals surface area contributed by atoms with E-state index in [1.165, 1.54) is 12.2 Å². The van der Waals surface area contributed by atoms with Crippen molar-refractivity contribution in [3.63, 3.8) is 0 Å². The molecule has 0 aliphatic heterocycles. The van der Waals surface area contributed by atoms with Gasteiger partial charge in [0.05, 0.1) is 18.4 Å². The molecule has 110 valence electrons. The highest BCUT2D eigenvalue weighted by Gasteiger charge is 2.09. The number of benzene rings is 1. The van der Waals surface area contributed by atoms with Crippen LogP contribution in [-0.4, -0.2) is 26.7 Å². The van der Waals surface area contributed by atoms with Crippen molar-refractivity contribution in [1.82, 2.24) is 5.32 Å². The Bertz CT molecular complexity index is 566. The summed E-state index contributed by atoms with van der Waals surface area (Å²) >= 11 is 0. The van der Waals surface area contributed by atoms with Gasteiger partial charge in [-0.3, -0.25) is 8.98 Å². The SMILES string of the molecule is C[C@H](/C=C/C(=O)N[C@@H](C)c1ccccc1)OS(C)(=O)=O. The second-order valence-electron chi connectivity index (χ2n) is 4.51. The van der Waals surface area contributed by atoms with Gasteiger partial charge in [0.15, 0.2) is 0 Å². The number of hydrogen-bond acceptors (Lipinski definition) is 4. The molecule has 0 unspecified atom stereocenters. The van der Waals surface area contributed by atoms with Gasteiger partial charge in [-0.15, -0.1) is 0 Å². The van der Waals surface area contributed by atoms with E-state index in [4.69, 9.17) is 0 Å². The van der Waals surface area contributed by atoms with Crippen molar-refractivity contribution in [2.45, 2.75) is 26.0 Å². The van der Waals surface area contributed by atoms with Crippen LogP contribution in [0.15, 0.2) is 42.5 Å². The Morgan fingerprint density at radius 2 is 1.85 bits per heavy atom. The number of hydrogen-bond donors (Lipinski definition) is 1. The molecule has 1 aromatic carbocycles. The maximum absolute atomic E-state index is 11.7. The van der Waals surface area contributed by atoms with Crippen LogP contribution >= 0.6 is 0 Å². The first-order valence-electron chi connectivity index (χ1n) is 6.20. The molecule has 2 atom stereocenters. The molecule has 0 saturated heterocycles. The zero-order valence-electron chi connectivity index (χ0n) is 11.7. The lowest BCUT2D eigenvalue weighted by Crippen LogP contribution is -2.25. The van der Waals surface area contributed by atoms with Gasteiger partial charge >= 0.3 is 0 Å². The second kappa shape index (κ2) is 7.21. The largest absolute Gasteiger partial charge is 0.346 e. The van der Waals surface area contributed by atoms with Gasteiger partial charge in [-0.2, -0.15) is 8.42 Å². The lowest BCUT2D eigenvalue weighted by molar-refractivity contribution is -0.117. The first-order chi connectivity index (χ1) is 9.28. The van der Waals surface area contributed by atoms with Gasteiger partial charge < -0.3 is 5.32 Å². The van der Waals surface area contributed by atoms with Crippen LogP contribution in [0.5, 0.6) is 0 Å². The molecule has 1 amide bonds. The Hall–Kier alpha value is -1.66. The number of nitrogens with one attached hydrogen (secondary N) is 1. The summed E-state index contributed by atoms with van der Waals surface area (Å²) in [5, 5.41) is 2.78. The molecular weight excluding hydrogens is 278 g/mol. The summed E-state index contributed by atoms with van der Waals surface area (Å²) < 4.78 is 26.5. The third kappa shape index (κ3) is 6.49. The van der Waals surface area contributed by atoms with Gasteiger partial charge in [0.2, 0.25) is 5.91 Å². The molecule has 1 rings (SSSR count). The van der Waals surface area contributed by atoms with E-state index in [1.54, 1.807) is 6.92 Å². The Kier molecular flexibility index (Phi) is 5.91. The van der Waals surface area contributed by atoms with E-state index in [1.807, 2.05) is 37.3 Å². The van der Waals surface area contributed by atoms with Crippen LogP contribution in [0.25, 0.3) is 0 Å². The van der Waals surface area contributed by atoms with Crippen LogP contribution in [0.2, 0.25) is 0 Å². The van der Waals surface area contributed by atoms with Gasteiger partial charge in [-0.05, 0) is 25.5 Å². The number of carbonyl (C=O) groups is 1. The zero-order valence-corrected chi connectivity index (χ0v) is 12.6. The first-order valence-corrected chi connectivity index (χ1v) is 8.01. The lowest BCUT2D eigenvalue weighted by atomic mass is 10.1. The normalized spacial score (nSPS) is 14.9. The number of amides is 1. The average molecular weight is 297 g/mol. The van der Waals surface area contributed by atoms with Crippen LogP contribution < -0.4 is 5.32 Å². The van der Waals surface area contributed by atoms with Crippen molar-refractivity contribution in [1.29, 1.82) is 0 Å². The summed E-state index contributed by atoms with van der Waals surface area (Å²) in [6, 6.07) is 9.42. The molecule has 0 aliphatic carbocycles. The standard InChI is InChI=1S/C14H19NO4S/c1-11(19-20(3,17)18)9-10-14(16)15-12(2)13-7-5-4-6-8-13/h4-12H,1-3H3,(H,15,16)/b10-9+/t11-,12+/m1/s1. The molecule has 1 aromatic rings. The second-order valence-corrected chi connectivity index (χ2v) is 6.11. The minimum absolute atomic E-state index is 0.125. The van der Waals surface area contributed by atoms with Gasteiger partial charge in [-0.1, -0.05) is 30.3 Å². The topological polar surface area (TPSA) is 72.5 Å². The molecule has 0 aliphatic rings. The van der Waals surface area contributed by atoms with Gasteiger partial charge in [-0.25, -0.2) is 0 Å². The molecule has 0 spiro atoms. The molecule has 0 heterocycles. The van der Waals surface area contributed by atoms with E-state index >= 15 is 0 Å². The first kappa shape index (κ1) is 16.4. The van der Waals surface area contributed by atoms with Gasteiger partial charge in [0, 0.05) is 6.08 Å². The number of carbonyl (C=O) groups excluding carboxylic acids is 1. The van der Waals surface area contributed by atoms with E-state index in [2.05, 4.69) is 9.50 Å². The summed E-state index contributed by atoms with van der Waals surface area (Å²) in [7, 11) is -3.52. The fraction of sp³-hybridized carbons (Fsp3) is 0.357. The smallest absolute Gasteiger partial charge is 0.264 e. The molecule has 0 fully saturated rings. The highest BCUT2D eigenvalue weighted by Crippen LogP contribution is 2.10. The van der Waals surface area contributed by atoms with Crippen LogP contribution in [0.3, 0.4) is 0 Å². The van der Waals surface area contributed by atoms with Crippen molar-refractivity contribution in [3.05, 3.63) is 48.0 Å². The predicted octanol–water partition coefficient (Wildman–Crippen LogP) is 1.78. The third-order valence-corrected chi connectivity index (χ3v) is 3.16. The van der Waals surface area contributed by atoms with E-state index < -0.39 is 16.2 Å². The lowest BCUT2D eigenvalue weighted by Gasteiger charge is -2.12. The predicted molar refractivity (Wildman–Crippen MR) is 77.5 cm³/mol. The maximum atomic E-state index is 11.7. The van der Waals surface area contributed by atoms with E-state index in [0.29, 0.717) is 0 Å². The molecule has 20 heavy (non-hydrogen) atoms. The minimum Gasteiger partial charge on any atom is -0.346 e. The highest BCUT2D eigenvalue weighted by molar-refractivity contribution is 7.86. The summed E-state index contributed by atoms with van der Waals surface area (Å²) in [5.74, 6) is -0.301. The van der Waals surface area contributed by atoms with Crippen molar-refractivity contribution in [3.8, 4) is 0 Å². The van der Waals surface area contributed by atoms with Crippen molar-refractivity contribution in [2.75, 3.05) is 6.26 Å². The van der Waals surface area contributed by atoms with Crippen LogP contribution in [0, 0.1) is 0 Å². The quantitative estimate of drug-likeness (QED) is 0.642. The van der Waals surface area contributed by atoms with Crippen molar-refractivity contribution >= 4 is 16.0 Å². The third-order valence-electron chi connectivity index (χ3n) is 2.50. The summed E-state index contributed by atoms with van der Waals surface area (Å²) in [6.07, 6.45) is 2.96. The molecular formula is C14H19NO4S. The summed E-state index contributed by atoms with van der Waals surface area (Å²) in [4.78, 5) is 11.7. The molecule has 5 nitrogen and oxygen atoms in total. The Morgan fingerprint density at radius 3 is 2.40 bits per heavy atom. The van der Waals surface area contributed by atoms with Crippen LogP contribution in [-0.2, 0) is 19.1 Å². The van der Waals surface area contributed by atoms with Crippen molar-refractivity contribution < 1.29 is 17.4 Å². The average Bonchev–Trinajstić information content (AvgIpc) is 2.35. The monoisotopic (exact) mass is 297 g/mol. The fourth-order valence-corrected chi connectivity index (χ4v) is 2.23. The van der Waals surface area contributed by atoms with Crippen molar-refractivity contribution in [2.24, 2.45) is 0 Å². The molecule has 0 saturated carbocycles. The molecule has 1 N–H and O–H groups in total. The fourth-order valence-electron chi connectivity index (χ4n) is 1.62.